The van der Waals surface area contributed by atoms with Gasteiger partial charge in [0.05, 0.1) is 11.3 Å². The van der Waals surface area contributed by atoms with Gasteiger partial charge in [-0.15, -0.1) is 0 Å². The molecule has 158 valence electrons. The number of anilines is 1. The third kappa shape index (κ3) is 5.79. The first-order chi connectivity index (χ1) is 14.3. The van der Waals surface area contributed by atoms with Gasteiger partial charge in [-0.1, -0.05) is 35.5 Å². The van der Waals surface area contributed by atoms with Crippen LogP contribution in [0, 0.1) is 6.92 Å². The molecule has 0 aliphatic rings. The maximum atomic E-state index is 11.7. The number of carbonyl (C=O) groups is 1. The van der Waals surface area contributed by atoms with E-state index in [1.807, 2.05) is 64.1 Å². The van der Waals surface area contributed by atoms with Gasteiger partial charge >= 0.3 is 6.09 Å². The molecule has 2 heterocycles. The molecule has 3 rings (SSSR count). The molecule has 0 atom stereocenters. The van der Waals surface area contributed by atoms with Crippen LogP contribution in [0.1, 0.15) is 33.0 Å². The highest BCUT2D eigenvalue weighted by Gasteiger charge is 2.18. The number of rotatable bonds is 7. The summed E-state index contributed by atoms with van der Waals surface area (Å²) in [4.78, 5) is 20.5. The lowest BCUT2D eigenvalue weighted by atomic mass is 10.0. The first kappa shape index (κ1) is 21.3. The van der Waals surface area contributed by atoms with Crippen molar-refractivity contribution in [3.05, 3.63) is 48.4 Å². The van der Waals surface area contributed by atoms with Crippen LogP contribution in [0.15, 0.2) is 47.1 Å². The monoisotopic (exact) mass is 409 g/mol. The van der Waals surface area contributed by atoms with Crippen molar-refractivity contribution in [2.45, 2.75) is 39.7 Å². The van der Waals surface area contributed by atoms with E-state index < -0.39 is 11.7 Å². The van der Waals surface area contributed by atoms with Crippen LogP contribution in [0.2, 0.25) is 0 Å². The molecule has 1 amide bonds. The van der Waals surface area contributed by atoms with E-state index in [2.05, 4.69) is 25.8 Å². The van der Waals surface area contributed by atoms with Crippen molar-refractivity contribution in [3.8, 4) is 22.5 Å². The molecule has 1 aromatic carbocycles. The Labute approximate surface area is 176 Å². The largest absolute Gasteiger partial charge is 0.444 e. The van der Waals surface area contributed by atoms with E-state index in [4.69, 9.17) is 9.26 Å². The van der Waals surface area contributed by atoms with Gasteiger partial charge in [-0.05, 0) is 40.2 Å². The van der Waals surface area contributed by atoms with Crippen molar-refractivity contribution in [2.75, 3.05) is 18.4 Å². The van der Waals surface area contributed by atoms with Crippen LogP contribution < -0.4 is 10.6 Å². The van der Waals surface area contributed by atoms with Crippen molar-refractivity contribution in [2.24, 2.45) is 0 Å². The maximum Gasteiger partial charge on any atom is 0.407 e. The summed E-state index contributed by atoms with van der Waals surface area (Å²) in [6, 6.07) is 11.7. The second kappa shape index (κ2) is 9.39. The summed E-state index contributed by atoms with van der Waals surface area (Å²) >= 11 is 0. The fourth-order valence-corrected chi connectivity index (χ4v) is 2.84. The number of hydrogen-bond donors (Lipinski definition) is 2. The van der Waals surface area contributed by atoms with Crippen LogP contribution in [-0.4, -0.2) is 39.9 Å². The lowest BCUT2D eigenvalue weighted by Gasteiger charge is -2.19. The Bertz CT molecular complexity index is 980. The average Bonchev–Trinajstić information content (AvgIpc) is 3.09. The highest BCUT2D eigenvalue weighted by Crippen LogP contribution is 2.33. The minimum Gasteiger partial charge on any atom is -0.444 e. The third-order valence-corrected chi connectivity index (χ3v) is 4.13. The fourth-order valence-electron chi connectivity index (χ4n) is 2.84. The van der Waals surface area contributed by atoms with Gasteiger partial charge in [0.1, 0.15) is 17.1 Å². The zero-order valence-corrected chi connectivity index (χ0v) is 17.7. The molecule has 0 unspecified atom stereocenters. The summed E-state index contributed by atoms with van der Waals surface area (Å²) in [6.07, 6.45) is 1.98. The molecule has 0 fully saturated rings. The average molecular weight is 409 g/mol. The van der Waals surface area contributed by atoms with E-state index in [1.165, 1.54) is 0 Å². The van der Waals surface area contributed by atoms with Crippen LogP contribution >= 0.6 is 0 Å². The summed E-state index contributed by atoms with van der Waals surface area (Å²) < 4.78 is 10.6. The number of benzene rings is 1. The van der Waals surface area contributed by atoms with Gasteiger partial charge < -0.3 is 19.9 Å². The lowest BCUT2D eigenvalue weighted by molar-refractivity contribution is 0.0528. The molecule has 0 aliphatic carbocycles. The quantitative estimate of drug-likeness (QED) is 0.556. The molecule has 2 aromatic heterocycles. The van der Waals surface area contributed by atoms with E-state index in [-0.39, 0.29) is 0 Å². The molecule has 0 saturated heterocycles. The van der Waals surface area contributed by atoms with Crippen LogP contribution in [-0.2, 0) is 4.74 Å². The Kier molecular flexibility index (Phi) is 6.66. The smallest absolute Gasteiger partial charge is 0.407 e. The Morgan fingerprint density at radius 3 is 2.63 bits per heavy atom. The number of hydrogen-bond acceptors (Lipinski definition) is 7. The highest BCUT2D eigenvalue weighted by atomic mass is 16.6. The standard InChI is InChI=1S/C22H27N5O3/c1-15-18(19(27-30-15)16-9-6-5-7-10-16)17-11-14-24-20(26-17)23-12-8-13-25-21(28)29-22(2,3)4/h5-7,9-11,14H,8,12-13H2,1-4H3,(H,25,28)(H,23,24,26). The molecule has 8 heteroatoms. The van der Waals surface area contributed by atoms with E-state index >= 15 is 0 Å². The SMILES string of the molecule is Cc1onc(-c2ccccc2)c1-c1ccnc(NCCCNC(=O)OC(C)(C)C)n1. The second-order valence-corrected chi connectivity index (χ2v) is 7.80. The first-order valence-corrected chi connectivity index (χ1v) is 9.89. The number of carbonyl (C=O) groups excluding carboxylic acids is 1. The van der Waals surface area contributed by atoms with Gasteiger partial charge in [0.2, 0.25) is 5.95 Å². The fraction of sp³-hybridized carbons (Fsp3) is 0.364. The number of aromatic nitrogens is 3. The molecule has 0 saturated carbocycles. The van der Waals surface area contributed by atoms with Gasteiger partial charge in [0.25, 0.3) is 0 Å². The summed E-state index contributed by atoms with van der Waals surface area (Å²) in [5.74, 6) is 1.20. The van der Waals surface area contributed by atoms with Crippen LogP contribution in [0.4, 0.5) is 10.7 Å². The number of ether oxygens (including phenoxy) is 1. The normalized spacial score (nSPS) is 11.2. The number of nitrogens with one attached hydrogen (secondary N) is 2. The number of nitrogens with zero attached hydrogens (tertiary/aromatic N) is 3. The summed E-state index contributed by atoms with van der Waals surface area (Å²) in [5, 5.41) is 10.1. The molecule has 0 radical (unpaired) electrons. The van der Waals surface area contributed by atoms with E-state index in [0.29, 0.717) is 31.2 Å². The van der Waals surface area contributed by atoms with E-state index in [0.717, 1.165) is 22.5 Å². The van der Waals surface area contributed by atoms with Crippen LogP contribution in [0.5, 0.6) is 0 Å². The first-order valence-electron chi connectivity index (χ1n) is 9.89. The van der Waals surface area contributed by atoms with E-state index in [9.17, 15) is 4.79 Å². The summed E-state index contributed by atoms with van der Waals surface area (Å²) in [5.41, 5.74) is 2.79. The topological polar surface area (TPSA) is 102 Å². The minimum atomic E-state index is -0.505. The summed E-state index contributed by atoms with van der Waals surface area (Å²) in [7, 11) is 0. The Morgan fingerprint density at radius 1 is 1.13 bits per heavy atom. The van der Waals surface area contributed by atoms with Crippen molar-refractivity contribution < 1.29 is 14.1 Å². The third-order valence-electron chi connectivity index (χ3n) is 4.13. The van der Waals surface area contributed by atoms with Crippen LogP contribution in [0.25, 0.3) is 22.5 Å². The highest BCUT2D eigenvalue weighted by molar-refractivity contribution is 5.80. The second-order valence-electron chi connectivity index (χ2n) is 7.80. The zero-order chi connectivity index (χ0) is 21.6. The Hall–Kier alpha value is -3.42. The molecule has 0 aliphatic heterocycles. The molecular formula is C22H27N5O3. The number of alkyl carbamates (subject to hydrolysis) is 1. The van der Waals surface area contributed by atoms with Crippen molar-refractivity contribution in [3.63, 3.8) is 0 Å². The van der Waals surface area contributed by atoms with Gasteiger partial charge in [-0.3, -0.25) is 0 Å². The molecule has 8 nitrogen and oxygen atoms in total. The number of aryl methyl sites for hydroxylation is 1. The van der Waals surface area contributed by atoms with Crippen molar-refractivity contribution in [1.82, 2.24) is 20.4 Å². The molecular weight excluding hydrogens is 382 g/mol. The lowest BCUT2D eigenvalue weighted by Crippen LogP contribution is -2.33. The molecule has 0 bridgehead atoms. The predicted molar refractivity (Wildman–Crippen MR) is 115 cm³/mol. The molecule has 3 aromatic rings. The minimum absolute atomic E-state index is 0.419. The van der Waals surface area contributed by atoms with Gasteiger partial charge in [-0.25, -0.2) is 14.8 Å². The van der Waals surface area contributed by atoms with Crippen LogP contribution in [0.3, 0.4) is 0 Å². The van der Waals surface area contributed by atoms with Gasteiger partial charge in [0, 0.05) is 24.8 Å². The maximum absolute atomic E-state index is 11.7. The summed E-state index contributed by atoms with van der Waals surface area (Å²) in [6.45, 7) is 8.46. The molecule has 30 heavy (non-hydrogen) atoms. The van der Waals surface area contributed by atoms with E-state index in [1.54, 1.807) is 6.20 Å². The Balaban J connectivity index is 1.60. The van der Waals surface area contributed by atoms with Crippen molar-refractivity contribution >= 4 is 12.0 Å². The van der Waals surface area contributed by atoms with Crippen molar-refractivity contribution in [1.29, 1.82) is 0 Å². The zero-order valence-electron chi connectivity index (χ0n) is 17.7. The predicted octanol–water partition coefficient (Wildman–Crippen LogP) is 4.43. The van der Waals surface area contributed by atoms with Gasteiger partial charge in [-0.2, -0.15) is 0 Å². The number of amides is 1. The Morgan fingerprint density at radius 2 is 1.90 bits per heavy atom. The molecule has 2 N–H and O–H groups in total. The molecule has 0 spiro atoms. The van der Waals surface area contributed by atoms with Gasteiger partial charge in [0.15, 0.2) is 0 Å².